The van der Waals surface area contributed by atoms with Gasteiger partial charge in [0.2, 0.25) is 5.91 Å². The van der Waals surface area contributed by atoms with Gasteiger partial charge >= 0.3 is 6.03 Å². The summed E-state index contributed by atoms with van der Waals surface area (Å²) in [6.07, 6.45) is 0.683. The molecular weight excluding hydrogens is 352 g/mol. The predicted molar refractivity (Wildman–Crippen MR) is 100 cm³/mol. The first-order valence-electron chi connectivity index (χ1n) is 8.78. The average Bonchev–Trinajstić information content (AvgIpc) is 3.00. The molecule has 0 radical (unpaired) electrons. The van der Waals surface area contributed by atoms with E-state index in [0.717, 1.165) is 24.5 Å². The monoisotopic (exact) mass is 378 g/mol. The molecule has 0 aliphatic carbocycles. The van der Waals surface area contributed by atoms with Gasteiger partial charge in [-0.25, -0.2) is 4.79 Å². The van der Waals surface area contributed by atoms with Crippen LogP contribution in [-0.2, 0) is 9.59 Å². The molecule has 0 aromatic heterocycles. The molecule has 2 saturated heterocycles. The molecular formula is C18H26N4O5. The van der Waals surface area contributed by atoms with Gasteiger partial charge in [0, 0.05) is 39.8 Å². The number of methoxy groups -OCH3 is 1. The van der Waals surface area contributed by atoms with Gasteiger partial charge < -0.3 is 29.9 Å². The van der Waals surface area contributed by atoms with E-state index in [9.17, 15) is 9.59 Å². The van der Waals surface area contributed by atoms with E-state index in [2.05, 4.69) is 10.2 Å². The summed E-state index contributed by atoms with van der Waals surface area (Å²) in [5, 5.41) is 9.75. The van der Waals surface area contributed by atoms with Crippen molar-refractivity contribution in [2.45, 2.75) is 12.5 Å². The lowest BCUT2D eigenvalue weighted by molar-refractivity contribution is -0.128. The Hall–Kier alpha value is -2.97. The first-order valence-corrected chi connectivity index (χ1v) is 8.78. The Morgan fingerprint density at radius 3 is 2.41 bits per heavy atom. The summed E-state index contributed by atoms with van der Waals surface area (Å²) in [6, 6.07) is 7.37. The minimum Gasteiger partial charge on any atom is -0.495 e. The molecule has 0 saturated carbocycles. The van der Waals surface area contributed by atoms with Crippen molar-refractivity contribution in [3.63, 3.8) is 0 Å². The fourth-order valence-electron chi connectivity index (χ4n) is 3.24. The number of amides is 3. The van der Waals surface area contributed by atoms with Crippen LogP contribution in [0.2, 0.25) is 0 Å². The van der Waals surface area contributed by atoms with Crippen LogP contribution in [-0.4, -0.2) is 86.2 Å². The number of ether oxygens (including phenoxy) is 1. The highest BCUT2D eigenvalue weighted by Crippen LogP contribution is 2.28. The van der Waals surface area contributed by atoms with E-state index < -0.39 is 0 Å². The number of likely N-dealkylation sites (tertiary alicyclic amines) is 1. The van der Waals surface area contributed by atoms with Crippen molar-refractivity contribution in [2.75, 3.05) is 51.8 Å². The molecule has 3 rings (SSSR count). The molecule has 2 N–H and O–H groups in total. The average molecular weight is 378 g/mol. The van der Waals surface area contributed by atoms with E-state index in [4.69, 9.17) is 14.6 Å². The topological polar surface area (TPSA) is 102 Å². The van der Waals surface area contributed by atoms with Gasteiger partial charge in [-0.3, -0.25) is 9.59 Å². The molecule has 2 aliphatic heterocycles. The zero-order valence-electron chi connectivity index (χ0n) is 15.6. The second-order valence-corrected chi connectivity index (χ2v) is 6.30. The van der Waals surface area contributed by atoms with E-state index in [1.54, 1.807) is 24.0 Å². The molecule has 2 heterocycles. The minimum absolute atomic E-state index is 0.00370. The van der Waals surface area contributed by atoms with Crippen molar-refractivity contribution in [3.05, 3.63) is 24.3 Å². The Labute approximate surface area is 158 Å². The maximum absolute atomic E-state index is 12.4. The van der Waals surface area contributed by atoms with Crippen molar-refractivity contribution in [1.82, 2.24) is 15.1 Å². The molecule has 9 heteroatoms. The van der Waals surface area contributed by atoms with Crippen molar-refractivity contribution in [2.24, 2.45) is 0 Å². The molecule has 2 fully saturated rings. The molecule has 0 bridgehead atoms. The number of likely N-dealkylation sites (N-methyl/N-ethyl adjacent to an activating group) is 1. The largest absolute Gasteiger partial charge is 0.495 e. The van der Waals surface area contributed by atoms with E-state index in [1.165, 1.54) is 0 Å². The number of carboxylic acid groups (broad SMARTS) is 1. The van der Waals surface area contributed by atoms with Crippen LogP contribution in [0, 0.1) is 0 Å². The second kappa shape index (κ2) is 9.65. The van der Waals surface area contributed by atoms with E-state index in [0.29, 0.717) is 26.1 Å². The second-order valence-electron chi connectivity index (χ2n) is 6.30. The van der Waals surface area contributed by atoms with Gasteiger partial charge in [0.05, 0.1) is 12.8 Å². The molecule has 0 spiro atoms. The minimum atomic E-state index is -0.380. The first-order chi connectivity index (χ1) is 13.0. The van der Waals surface area contributed by atoms with E-state index in [-0.39, 0.29) is 24.5 Å². The van der Waals surface area contributed by atoms with Crippen LogP contribution in [0.4, 0.5) is 10.5 Å². The zero-order chi connectivity index (χ0) is 19.8. The van der Waals surface area contributed by atoms with Crippen LogP contribution in [0.15, 0.2) is 24.3 Å². The summed E-state index contributed by atoms with van der Waals surface area (Å²) in [4.78, 5) is 38.3. The third-order valence-corrected chi connectivity index (χ3v) is 4.72. The number of piperazine rings is 1. The molecule has 1 aromatic carbocycles. The number of carbonyl (C=O) groups is 3. The van der Waals surface area contributed by atoms with Gasteiger partial charge in [-0.15, -0.1) is 0 Å². The summed E-state index contributed by atoms with van der Waals surface area (Å²) in [5.74, 6) is 0.839. The zero-order valence-corrected chi connectivity index (χ0v) is 15.6. The van der Waals surface area contributed by atoms with Gasteiger partial charge in [-0.05, 0) is 18.6 Å². The molecule has 9 nitrogen and oxygen atoms in total. The lowest BCUT2D eigenvalue weighted by atomic mass is 10.2. The number of urea groups is 1. The molecule has 1 atom stereocenters. The molecule has 148 valence electrons. The van der Waals surface area contributed by atoms with Crippen LogP contribution in [0.5, 0.6) is 5.75 Å². The quantitative estimate of drug-likeness (QED) is 0.741. The third kappa shape index (κ3) is 5.02. The van der Waals surface area contributed by atoms with Crippen molar-refractivity contribution < 1.29 is 24.2 Å². The maximum Gasteiger partial charge on any atom is 0.318 e. The Morgan fingerprint density at radius 2 is 1.85 bits per heavy atom. The van der Waals surface area contributed by atoms with Gasteiger partial charge in [0.25, 0.3) is 6.47 Å². The summed E-state index contributed by atoms with van der Waals surface area (Å²) >= 11 is 0. The van der Waals surface area contributed by atoms with E-state index >= 15 is 0 Å². The van der Waals surface area contributed by atoms with Crippen LogP contribution in [0.3, 0.4) is 0 Å². The Kier molecular flexibility index (Phi) is 7.27. The van der Waals surface area contributed by atoms with Crippen LogP contribution in [0.1, 0.15) is 6.42 Å². The number of para-hydroxylation sites is 2. The van der Waals surface area contributed by atoms with Gasteiger partial charge in [0.1, 0.15) is 11.8 Å². The number of benzene rings is 1. The highest BCUT2D eigenvalue weighted by molar-refractivity contribution is 5.88. The van der Waals surface area contributed by atoms with Gasteiger partial charge in [0.15, 0.2) is 0 Å². The Bertz CT molecular complexity index is 661. The number of nitrogens with zero attached hydrogens (tertiary/aromatic N) is 3. The summed E-state index contributed by atoms with van der Waals surface area (Å²) in [6.45, 7) is 3.19. The van der Waals surface area contributed by atoms with Crippen LogP contribution in [0.25, 0.3) is 0 Å². The lowest BCUT2D eigenvalue weighted by Crippen LogP contribution is -2.54. The predicted octanol–water partition coefficient (Wildman–Crippen LogP) is 0.458. The fraction of sp³-hybridized carbons (Fsp3) is 0.500. The molecule has 2 aliphatic rings. The Morgan fingerprint density at radius 1 is 1.22 bits per heavy atom. The smallest absolute Gasteiger partial charge is 0.318 e. The van der Waals surface area contributed by atoms with E-state index in [1.807, 2.05) is 24.3 Å². The third-order valence-electron chi connectivity index (χ3n) is 4.72. The highest BCUT2D eigenvalue weighted by atomic mass is 16.5. The molecule has 3 amide bonds. The first kappa shape index (κ1) is 20.3. The highest BCUT2D eigenvalue weighted by Gasteiger charge is 2.32. The Balaban J connectivity index is 0.000000817. The number of anilines is 1. The number of nitrogens with one attached hydrogen (secondary N) is 1. The number of hydrogen-bond acceptors (Lipinski definition) is 5. The van der Waals surface area contributed by atoms with Crippen molar-refractivity contribution >= 4 is 24.1 Å². The van der Waals surface area contributed by atoms with Crippen LogP contribution < -0.4 is 15.0 Å². The van der Waals surface area contributed by atoms with Crippen LogP contribution >= 0.6 is 0 Å². The summed E-state index contributed by atoms with van der Waals surface area (Å²) in [5.41, 5.74) is 1.05. The van der Waals surface area contributed by atoms with Crippen molar-refractivity contribution in [3.8, 4) is 5.75 Å². The van der Waals surface area contributed by atoms with Crippen molar-refractivity contribution in [1.29, 1.82) is 0 Å². The van der Waals surface area contributed by atoms with Gasteiger partial charge in [-0.1, -0.05) is 12.1 Å². The van der Waals surface area contributed by atoms with Gasteiger partial charge in [-0.2, -0.15) is 0 Å². The lowest BCUT2D eigenvalue weighted by Gasteiger charge is -2.36. The number of hydrogen-bond donors (Lipinski definition) is 2. The molecule has 1 unspecified atom stereocenters. The summed E-state index contributed by atoms with van der Waals surface area (Å²) < 4.78 is 5.41. The molecule has 27 heavy (non-hydrogen) atoms. The summed E-state index contributed by atoms with van der Waals surface area (Å²) in [7, 11) is 3.43. The number of carbonyl (C=O) groups excluding carboxylic acids is 2. The number of rotatable bonds is 3. The standard InChI is InChI=1S/C17H24N4O3.CH2O2/c1-19-8-7-13(16(19)22)18-17(23)21-11-9-20(10-12-21)14-5-3-4-6-15(14)24-2;2-1-3/h3-6,13H,7-12H2,1-2H3,(H,18,23);1H,(H,2,3). The maximum atomic E-state index is 12.4. The molecule has 1 aromatic rings. The SMILES string of the molecule is COc1ccccc1N1CCN(C(=O)NC2CCN(C)C2=O)CC1.O=CO. The normalized spacial score (nSPS) is 19.3. The fourth-order valence-corrected chi connectivity index (χ4v) is 3.24.